The van der Waals surface area contributed by atoms with E-state index in [4.69, 9.17) is 4.74 Å². The van der Waals surface area contributed by atoms with E-state index in [1.807, 2.05) is 0 Å². The molecule has 1 heterocycles. The first kappa shape index (κ1) is 11.8. The minimum absolute atomic E-state index is 0.102. The number of hydrogen-bond acceptors (Lipinski definition) is 3. The maximum atomic E-state index is 13.1. The topological polar surface area (TPSA) is 46.5 Å². The first-order chi connectivity index (χ1) is 8.15. The van der Waals surface area contributed by atoms with E-state index in [-0.39, 0.29) is 5.56 Å². The Balaban J connectivity index is 2.23. The Morgan fingerprint density at radius 1 is 1.35 bits per heavy atom. The van der Waals surface area contributed by atoms with Crippen LogP contribution in [0.25, 0.3) is 0 Å². The van der Waals surface area contributed by atoms with Crippen LogP contribution in [0.15, 0.2) is 12.1 Å². The fraction of sp³-hybridized carbons (Fsp3) is 0.417. The fourth-order valence-corrected chi connectivity index (χ4v) is 1.95. The zero-order chi connectivity index (χ0) is 12.4. The van der Waals surface area contributed by atoms with E-state index in [0.29, 0.717) is 24.8 Å². The molecule has 1 aromatic rings. The maximum absolute atomic E-state index is 13.1. The lowest BCUT2D eigenvalue weighted by Gasteiger charge is -2.09. The summed E-state index contributed by atoms with van der Waals surface area (Å²) in [5, 5.41) is 9.44. The molecule has 1 aliphatic heterocycles. The van der Waals surface area contributed by atoms with Gasteiger partial charge in [-0.3, -0.25) is 4.39 Å². The molecule has 0 amide bonds. The van der Waals surface area contributed by atoms with Gasteiger partial charge in [-0.2, -0.15) is 0 Å². The smallest absolute Gasteiger partial charge is 0.343 e. The molecule has 0 radical (unpaired) electrons. The molecule has 1 atom stereocenters. The SMILES string of the molecule is O=C1OC(CCCCF)c2ccc(F)c(O)c21. The van der Waals surface area contributed by atoms with Crippen LogP contribution in [-0.2, 0) is 4.74 Å². The number of unbranched alkanes of at least 4 members (excludes halogenated alkanes) is 1. The van der Waals surface area contributed by atoms with Crippen molar-refractivity contribution in [2.75, 3.05) is 6.67 Å². The molecule has 0 bridgehead atoms. The number of carbonyl (C=O) groups is 1. The van der Waals surface area contributed by atoms with Gasteiger partial charge in [0.2, 0.25) is 0 Å². The zero-order valence-electron chi connectivity index (χ0n) is 9.08. The van der Waals surface area contributed by atoms with Crippen LogP contribution >= 0.6 is 0 Å². The number of carbonyl (C=O) groups excluding carboxylic acids is 1. The Labute approximate surface area is 97.0 Å². The molecule has 1 N–H and O–H groups in total. The highest BCUT2D eigenvalue weighted by atomic mass is 19.1. The van der Waals surface area contributed by atoms with Gasteiger partial charge >= 0.3 is 5.97 Å². The molecular weight excluding hydrogens is 230 g/mol. The molecule has 1 aliphatic rings. The number of phenols is 1. The Morgan fingerprint density at radius 3 is 2.82 bits per heavy atom. The Hall–Kier alpha value is -1.65. The second-order valence-corrected chi connectivity index (χ2v) is 3.94. The van der Waals surface area contributed by atoms with Crippen molar-refractivity contribution >= 4 is 5.97 Å². The third-order valence-corrected chi connectivity index (χ3v) is 2.81. The van der Waals surface area contributed by atoms with E-state index in [0.717, 1.165) is 6.07 Å². The molecule has 3 nitrogen and oxygen atoms in total. The van der Waals surface area contributed by atoms with E-state index in [1.165, 1.54) is 6.07 Å². The molecular formula is C12H12F2O3. The van der Waals surface area contributed by atoms with Gasteiger partial charge < -0.3 is 9.84 Å². The average molecular weight is 242 g/mol. The number of aromatic hydroxyl groups is 1. The summed E-state index contributed by atoms with van der Waals surface area (Å²) in [4.78, 5) is 11.5. The van der Waals surface area contributed by atoms with Crippen LogP contribution in [0.2, 0.25) is 0 Å². The quantitative estimate of drug-likeness (QED) is 0.652. The number of ether oxygens (including phenoxy) is 1. The number of halogens is 2. The van der Waals surface area contributed by atoms with Crippen LogP contribution in [-0.4, -0.2) is 17.8 Å². The molecule has 5 heteroatoms. The van der Waals surface area contributed by atoms with Crippen LogP contribution in [0.1, 0.15) is 41.3 Å². The summed E-state index contributed by atoms with van der Waals surface area (Å²) in [5.41, 5.74) is 0.378. The highest BCUT2D eigenvalue weighted by molar-refractivity contribution is 5.96. The highest BCUT2D eigenvalue weighted by Crippen LogP contribution is 2.39. The van der Waals surface area contributed by atoms with Crippen molar-refractivity contribution in [1.82, 2.24) is 0 Å². The predicted molar refractivity (Wildman–Crippen MR) is 56.0 cm³/mol. The van der Waals surface area contributed by atoms with Gasteiger partial charge in [0, 0.05) is 5.56 Å². The molecule has 0 aromatic heterocycles. The molecule has 0 saturated heterocycles. The average Bonchev–Trinajstić information content (AvgIpc) is 2.62. The summed E-state index contributed by atoms with van der Waals surface area (Å²) in [6.07, 6.45) is 0.951. The number of cyclic esters (lactones) is 1. The van der Waals surface area contributed by atoms with Gasteiger partial charge in [0.15, 0.2) is 11.6 Å². The van der Waals surface area contributed by atoms with Gasteiger partial charge in [-0.1, -0.05) is 6.07 Å². The van der Waals surface area contributed by atoms with Crippen molar-refractivity contribution in [2.24, 2.45) is 0 Å². The second kappa shape index (κ2) is 4.69. The molecule has 0 fully saturated rings. The molecule has 92 valence electrons. The number of fused-ring (bicyclic) bond motifs is 1. The highest BCUT2D eigenvalue weighted by Gasteiger charge is 2.34. The summed E-state index contributed by atoms with van der Waals surface area (Å²) < 4.78 is 30.1. The standard InChI is InChI=1S/C12H12F2O3/c13-6-2-1-3-9-7-4-5-8(14)11(15)10(7)12(16)17-9/h4-5,9,15H,1-3,6H2. The van der Waals surface area contributed by atoms with Crippen molar-refractivity contribution in [1.29, 1.82) is 0 Å². The predicted octanol–water partition coefficient (Wildman–Crippen LogP) is 2.88. The monoisotopic (exact) mass is 242 g/mol. The van der Waals surface area contributed by atoms with Gasteiger partial charge in [0.05, 0.1) is 6.67 Å². The summed E-state index contributed by atoms with van der Waals surface area (Å²) in [6, 6.07) is 2.52. The van der Waals surface area contributed by atoms with E-state index < -0.39 is 30.3 Å². The van der Waals surface area contributed by atoms with Crippen molar-refractivity contribution in [3.05, 3.63) is 29.1 Å². The van der Waals surface area contributed by atoms with Gasteiger partial charge in [-0.25, -0.2) is 9.18 Å². The molecule has 0 spiro atoms. The van der Waals surface area contributed by atoms with E-state index in [1.54, 1.807) is 0 Å². The minimum atomic E-state index is -0.842. The summed E-state index contributed by atoms with van der Waals surface area (Å²) >= 11 is 0. The number of benzene rings is 1. The van der Waals surface area contributed by atoms with Crippen molar-refractivity contribution < 1.29 is 23.4 Å². The zero-order valence-corrected chi connectivity index (χ0v) is 9.08. The lowest BCUT2D eigenvalue weighted by atomic mass is 10.0. The minimum Gasteiger partial charge on any atom is -0.504 e. The number of esters is 1. The first-order valence-electron chi connectivity index (χ1n) is 5.43. The maximum Gasteiger partial charge on any atom is 0.343 e. The summed E-state index contributed by atoms with van der Waals surface area (Å²) in [6.45, 7) is -0.414. The van der Waals surface area contributed by atoms with Crippen LogP contribution < -0.4 is 0 Å². The number of alkyl halides is 1. The summed E-state index contributed by atoms with van der Waals surface area (Å²) in [5.74, 6) is -2.23. The van der Waals surface area contributed by atoms with Crippen LogP contribution in [0.5, 0.6) is 5.75 Å². The number of rotatable bonds is 4. The largest absolute Gasteiger partial charge is 0.504 e. The second-order valence-electron chi connectivity index (χ2n) is 3.94. The Morgan fingerprint density at radius 2 is 2.12 bits per heavy atom. The van der Waals surface area contributed by atoms with Gasteiger partial charge in [-0.05, 0) is 25.3 Å². The van der Waals surface area contributed by atoms with Crippen molar-refractivity contribution in [2.45, 2.75) is 25.4 Å². The van der Waals surface area contributed by atoms with Gasteiger partial charge in [0.25, 0.3) is 0 Å². The van der Waals surface area contributed by atoms with E-state index in [9.17, 15) is 18.7 Å². The van der Waals surface area contributed by atoms with Crippen LogP contribution in [0, 0.1) is 5.82 Å². The third-order valence-electron chi connectivity index (χ3n) is 2.81. The molecule has 0 saturated carbocycles. The lowest BCUT2D eigenvalue weighted by molar-refractivity contribution is 0.0361. The van der Waals surface area contributed by atoms with E-state index >= 15 is 0 Å². The number of phenolic OH excluding ortho intramolecular Hbond substituents is 1. The molecule has 1 unspecified atom stereocenters. The van der Waals surface area contributed by atoms with Gasteiger partial charge in [-0.15, -0.1) is 0 Å². The normalized spacial score (nSPS) is 18.0. The third kappa shape index (κ3) is 2.09. The van der Waals surface area contributed by atoms with Crippen LogP contribution in [0.4, 0.5) is 8.78 Å². The molecule has 0 aliphatic carbocycles. The lowest BCUT2D eigenvalue weighted by Crippen LogP contribution is -1.98. The molecule has 2 rings (SSSR count). The fourth-order valence-electron chi connectivity index (χ4n) is 1.95. The van der Waals surface area contributed by atoms with Crippen molar-refractivity contribution in [3.63, 3.8) is 0 Å². The first-order valence-corrected chi connectivity index (χ1v) is 5.43. The van der Waals surface area contributed by atoms with Crippen molar-refractivity contribution in [3.8, 4) is 5.75 Å². The molecule has 1 aromatic carbocycles. The van der Waals surface area contributed by atoms with Gasteiger partial charge in [0.1, 0.15) is 11.7 Å². The Kier molecular flexibility index (Phi) is 3.26. The molecule has 17 heavy (non-hydrogen) atoms. The van der Waals surface area contributed by atoms with E-state index in [2.05, 4.69) is 0 Å². The number of hydrogen-bond donors (Lipinski definition) is 1. The van der Waals surface area contributed by atoms with Crippen LogP contribution in [0.3, 0.4) is 0 Å². The summed E-state index contributed by atoms with van der Waals surface area (Å²) in [7, 11) is 0. The Bertz CT molecular complexity index is 446.